The Morgan fingerprint density at radius 2 is 2.38 bits per heavy atom. The fraction of sp³-hybridized carbons (Fsp3) is 0.222. The average molecular weight is 236 g/mol. The van der Waals surface area contributed by atoms with E-state index in [0.29, 0.717) is 4.88 Å². The molecule has 0 aliphatic carbocycles. The number of hydrogen-bond acceptors (Lipinski definition) is 5. The normalized spacial score (nSPS) is 11.4. The molecule has 3 aromatic rings. The van der Waals surface area contributed by atoms with E-state index in [-0.39, 0.29) is 5.97 Å². The highest BCUT2D eigenvalue weighted by Crippen LogP contribution is 2.30. The highest BCUT2D eigenvalue weighted by Gasteiger charge is 2.16. The molecular weight excluding hydrogens is 228 g/mol. The third-order valence-electron chi connectivity index (χ3n) is 2.32. The Morgan fingerprint density at radius 1 is 1.56 bits per heavy atom. The molecule has 7 heteroatoms. The van der Waals surface area contributed by atoms with Gasteiger partial charge in [0.15, 0.2) is 5.65 Å². The number of aromatic amines is 1. The van der Waals surface area contributed by atoms with Crippen molar-refractivity contribution in [3.8, 4) is 0 Å². The van der Waals surface area contributed by atoms with Crippen molar-refractivity contribution in [2.75, 3.05) is 7.11 Å². The number of esters is 1. The second-order valence-corrected chi connectivity index (χ2v) is 4.41. The molecule has 0 aliphatic heterocycles. The number of ether oxygens (including phenoxy) is 1. The lowest BCUT2D eigenvalue weighted by Gasteiger charge is -1.90. The van der Waals surface area contributed by atoms with Gasteiger partial charge in [-0.05, 0) is 6.07 Å². The van der Waals surface area contributed by atoms with Crippen molar-refractivity contribution in [1.29, 1.82) is 0 Å². The molecule has 0 radical (unpaired) electrons. The molecule has 0 spiro atoms. The van der Waals surface area contributed by atoms with Crippen molar-refractivity contribution in [1.82, 2.24) is 20.0 Å². The van der Waals surface area contributed by atoms with Gasteiger partial charge < -0.3 is 9.72 Å². The van der Waals surface area contributed by atoms with Crippen LogP contribution >= 0.6 is 11.3 Å². The number of H-pyrrole nitrogens is 1. The van der Waals surface area contributed by atoms with Crippen molar-refractivity contribution < 1.29 is 9.53 Å². The Hall–Kier alpha value is -1.89. The van der Waals surface area contributed by atoms with Gasteiger partial charge in [-0.3, -0.25) is 0 Å². The van der Waals surface area contributed by atoms with Gasteiger partial charge in [0.25, 0.3) is 0 Å². The minimum Gasteiger partial charge on any atom is -0.465 e. The number of carbonyl (C=O) groups is 1. The monoisotopic (exact) mass is 236 g/mol. The molecular formula is C9H8N4O2S. The van der Waals surface area contributed by atoms with Crippen LogP contribution < -0.4 is 0 Å². The summed E-state index contributed by atoms with van der Waals surface area (Å²) in [6, 6.07) is 1.78. The van der Waals surface area contributed by atoms with Crippen molar-refractivity contribution in [2.45, 2.75) is 0 Å². The smallest absolute Gasteiger partial charge is 0.348 e. The Labute approximate surface area is 93.8 Å². The van der Waals surface area contributed by atoms with Gasteiger partial charge in [0.1, 0.15) is 15.2 Å². The van der Waals surface area contributed by atoms with Crippen LogP contribution in [0.1, 0.15) is 9.67 Å². The molecule has 82 valence electrons. The second kappa shape index (κ2) is 3.05. The first-order chi connectivity index (χ1) is 7.69. The second-order valence-electron chi connectivity index (χ2n) is 3.36. The number of rotatable bonds is 1. The fourth-order valence-electron chi connectivity index (χ4n) is 1.64. The molecule has 0 saturated heterocycles. The van der Waals surface area contributed by atoms with Crippen molar-refractivity contribution >= 4 is 38.7 Å². The van der Waals surface area contributed by atoms with Crippen LogP contribution in [0.2, 0.25) is 0 Å². The van der Waals surface area contributed by atoms with Crippen LogP contribution in [-0.4, -0.2) is 33.1 Å². The Balaban J connectivity index is 2.28. The number of hydrogen-bond donors (Lipinski definition) is 1. The molecule has 0 fully saturated rings. The number of fused-ring (bicyclic) bond motifs is 3. The van der Waals surface area contributed by atoms with Crippen LogP contribution in [0, 0.1) is 0 Å². The molecule has 0 amide bonds. The first-order valence-electron chi connectivity index (χ1n) is 4.60. The lowest BCUT2D eigenvalue weighted by molar-refractivity contribution is 0.0606. The van der Waals surface area contributed by atoms with Crippen LogP contribution in [-0.2, 0) is 11.8 Å². The Bertz CT molecular complexity index is 693. The SMILES string of the molecule is COC(=O)c1cc2c([nH]c3nn(C)nc32)s1. The predicted molar refractivity (Wildman–Crippen MR) is 59.6 cm³/mol. The summed E-state index contributed by atoms with van der Waals surface area (Å²) in [5.74, 6) is -0.327. The van der Waals surface area contributed by atoms with Gasteiger partial charge in [0.05, 0.1) is 7.11 Å². The lowest BCUT2D eigenvalue weighted by Crippen LogP contribution is -1.96. The molecule has 3 heterocycles. The molecule has 0 aliphatic rings. The van der Waals surface area contributed by atoms with E-state index >= 15 is 0 Å². The highest BCUT2D eigenvalue weighted by molar-refractivity contribution is 7.20. The van der Waals surface area contributed by atoms with Gasteiger partial charge in [-0.25, -0.2) is 4.79 Å². The molecule has 0 atom stereocenters. The minimum absolute atomic E-state index is 0.327. The molecule has 0 saturated carbocycles. The molecule has 1 N–H and O–H groups in total. The van der Waals surface area contributed by atoms with E-state index in [2.05, 4.69) is 19.9 Å². The molecule has 3 rings (SSSR count). The summed E-state index contributed by atoms with van der Waals surface area (Å²) >= 11 is 1.35. The van der Waals surface area contributed by atoms with Gasteiger partial charge in [-0.1, -0.05) is 0 Å². The number of aryl methyl sites for hydroxylation is 1. The Kier molecular flexibility index (Phi) is 1.78. The van der Waals surface area contributed by atoms with E-state index in [1.54, 1.807) is 13.1 Å². The summed E-state index contributed by atoms with van der Waals surface area (Å²) in [5.41, 5.74) is 1.52. The van der Waals surface area contributed by atoms with Crippen LogP contribution in [0.5, 0.6) is 0 Å². The molecule has 6 nitrogen and oxygen atoms in total. The van der Waals surface area contributed by atoms with Crippen molar-refractivity contribution in [3.63, 3.8) is 0 Å². The zero-order chi connectivity index (χ0) is 11.3. The fourth-order valence-corrected chi connectivity index (χ4v) is 2.62. The standard InChI is InChI=1S/C9H8N4O2S/c1-13-11-6-4-3-5(9(14)15-2)16-8(4)10-7(6)12-13/h3H,1-2H3,(H,10,12). The summed E-state index contributed by atoms with van der Waals surface area (Å²) in [4.78, 5) is 17.4. The van der Waals surface area contributed by atoms with Gasteiger partial charge in [-0.2, -0.15) is 9.90 Å². The number of thiophene rings is 1. The maximum atomic E-state index is 11.4. The summed E-state index contributed by atoms with van der Waals surface area (Å²) in [6.07, 6.45) is 0. The highest BCUT2D eigenvalue weighted by atomic mass is 32.1. The van der Waals surface area contributed by atoms with E-state index in [9.17, 15) is 4.79 Å². The largest absolute Gasteiger partial charge is 0.465 e. The number of carbonyl (C=O) groups excluding carboxylic acids is 1. The van der Waals surface area contributed by atoms with Crippen molar-refractivity contribution in [2.24, 2.45) is 7.05 Å². The summed E-state index contributed by atoms with van der Waals surface area (Å²) in [5, 5.41) is 9.30. The first-order valence-corrected chi connectivity index (χ1v) is 5.41. The van der Waals surface area contributed by atoms with Gasteiger partial charge in [0, 0.05) is 12.4 Å². The molecule has 3 aromatic heterocycles. The van der Waals surface area contributed by atoms with E-state index in [4.69, 9.17) is 0 Å². The zero-order valence-electron chi connectivity index (χ0n) is 8.64. The molecule has 16 heavy (non-hydrogen) atoms. The number of nitrogens with zero attached hydrogens (tertiary/aromatic N) is 3. The maximum absolute atomic E-state index is 11.4. The molecule has 0 aromatic carbocycles. The van der Waals surface area contributed by atoms with Crippen LogP contribution in [0.3, 0.4) is 0 Å². The van der Waals surface area contributed by atoms with Gasteiger partial charge in [-0.15, -0.1) is 16.4 Å². The third kappa shape index (κ3) is 1.15. The molecule has 0 unspecified atom stereocenters. The lowest BCUT2D eigenvalue weighted by atomic mass is 10.3. The van der Waals surface area contributed by atoms with E-state index in [0.717, 1.165) is 21.4 Å². The summed E-state index contributed by atoms with van der Waals surface area (Å²) in [7, 11) is 3.13. The van der Waals surface area contributed by atoms with Crippen molar-refractivity contribution in [3.05, 3.63) is 10.9 Å². The van der Waals surface area contributed by atoms with E-state index in [1.807, 2.05) is 0 Å². The van der Waals surface area contributed by atoms with Gasteiger partial charge >= 0.3 is 5.97 Å². The number of aromatic nitrogens is 4. The van der Waals surface area contributed by atoms with Gasteiger partial charge in [0.2, 0.25) is 0 Å². The molecule has 0 bridgehead atoms. The minimum atomic E-state index is -0.327. The van der Waals surface area contributed by atoms with E-state index < -0.39 is 0 Å². The van der Waals surface area contributed by atoms with E-state index in [1.165, 1.54) is 23.2 Å². The number of methoxy groups -OCH3 is 1. The summed E-state index contributed by atoms with van der Waals surface area (Å²) < 4.78 is 4.67. The van der Waals surface area contributed by atoms with Crippen LogP contribution in [0.15, 0.2) is 6.07 Å². The number of nitrogens with one attached hydrogen (secondary N) is 1. The third-order valence-corrected chi connectivity index (χ3v) is 3.35. The van der Waals surface area contributed by atoms with Crippen LogP contribution in [0.4, 0.5) is 0 Å². The Morgan fingerprint density at radius 3 is 3.12 bits per heavy atom. The topological polar surface area (TPSA) is 72.8 Å². The van der Waals surface area contributed by atoms with Crippen LogP contribution in [0.25, 0.3) is 21.4 Å². The zero-order valence-corrected chi connectivity index (χ0v) is 9.46. The summed E-state index contributed by atoms with van der Waals surface area (Å²) in [6.45, 7) is 0. The quantitative estimate of drug-likeness (QED) is 0.646. The maximum Gasteiger partial charge on any atom is 0.348 e. The first kappa shape index (κ1) is 9.34. The average Bonchev–Trinajstić information content (AvgIpc) is 2.86. The predicted octanol–water partition coefficient (Wildman–Crippen LogP) is 1.30.